The molecule has 0 amide bonds. The van der Waals surface area contributed by atoms with E-state index in [1.54, 1.807) is 31.4 Å². The van der Waals surface area contributed by atoms with Crippen LogP contribution in [-0.4, -0.2) is 43.2 Å². The highest BCUT2D eigenvalue weighted by atomic mass is 32.2. The smallest absolute Gasteiger partial charge is 0.209 e. The van der Waals surface area contributed by atoms with Gasteiger partial charge < -0.3 is 4.74 Å². The molecule has 0 N–H and O–H groups in total. The molecule has 0 saturated heterocycles. The molecule has 8 heteroatoms. The van der Waals surface area contributed by atoms with E-state index in [2.05, 4.69) is 15.2 Å². The first kappa shape index (κ1) is 18.3. The number of hydrogen-bond acceptors (Lipinski definition) is 7. The van der Waals surface area contributed by atoms with Crippen LogP contribution in [0.2, 0.25) is 0 Å². The summed E-state index contributed by atoms with van der Waals surface area (Å²) < 4.78 is 28.5. The minimum Gasteiger partial charge on any atom is -0.497 e. The van der Waals surface area contributed by atoms with Crippen molar-refractivity contribution < 1.29 is 13.2 Å². The molecule has 0 saturated carbocycles. The third-order valence-corrected chi connectivity index (χ3v) is 5.44. The van der Waals surface area contributed by atoms with Crippen molar-refractivity contribution in [1.82, 2.24) is 15.2 Å². The van der Waals surface area contributed by atoms with E-state index in [-0.39, 0.29) is 4.90 Å². The Bertz CT molecular complexity index is 1020. The third kappa shape index (κ3) is 3.86. The number of sulfone groups is 1. The van der Waals surface area contributed by atoms with Crippen LogP contribution in [0.15, 0.2) is 58.6 Å². The molecule has 3 rings (SSSR count). The molecule has 0 bridgehead atoms. The number of rotatable bonds is 5. The molecular formula is C18H17N3O3S2. The van der Waals surface area contributed by atoms with Gasteiger partial charge in [-0.15, -0.1) is 10.2 Å². The topological polar surface area (TPSA) is 82.0 Å². The van der Waals surface area contributed by atoms with Crippen molar-refractivity contribution in [3.63, 3.8) is 0 Å². The second-order valence-electron chi connectivity index (χ2n) is 5.52. The van der Waals surface area contributed by atoms with E-state index in [9.17, 15) is 8.42 Å². The van der Waals surface area contributed by atoms with Crippen molar-refractivity contribution in [2.75, 3.05) is 19.6 Å². The molecule has 1 aromatic heterocycles. The summed E-state index contributed by atoms with van der Waals surface area (Å²) in [7, 11) is -1.64. The fourth-order valence-corrected chi connectivity index (χ4v) is 3.34. The molecule has 1 heterocycles. The quantitative estimate of drug-likeness (QED) is 0.621. The Labute approximate surface area is 156 Å². The average Bonchev–Trinajstić information content (AvgIpc) is 2.67. The molecule has 26 heavy (non-hydrogen) atoms. The standard InChI is InChI=1S/C18H17N3O3S2/c1-24-14-8-4-12(5-9-14)16-17(20-21-18(19-16)25-2)13-6-10-15(11-7-13)26(3,22)23/h4-11H,1-3H3. The zero-order chi connectivity index (χ0) is 18.7. The molecule has 0 spiro atoms. The number of hydrogen-bond donors (Lipinski definition) is 0. The van der Waals surface area contributed by atoms with E-state index >= 15 is 0 Å². The molecule has 0 atom stereocenters. The second-order valence-corrected chi connectivity index (χ2v) is 8.31. The summed E-state index contributed by atoms with van der Waals surface area (Å²) in [5, 5.41) is 9.00. The summed E-state index contributed by atoms with van der Waals surface area (Å²) in [6.45, 7) is 0. The van der Waals surface area contributed by atoms with Crippen LogP contribution >= 0.6 is 11.8 Å². The Morgan fingerprint density at radius 1 is 0.885 bits per heavy atom. The highest BCUT2D eigenvalue weighted by Crippen LogP contribution is 2.31. The van der Waals surface area contributed by atoms with Crippen LogP contribution in [0.25, 0.3) is 22.5 Å². The van der Waals surface area contributed by atoms with E-state index in [1.807, 2.05) is 30.5 Å². The summed E-state index contributed by atoms with van der Waals surface area (Å²) >= 11 is 1.41. The van der Waals surface area contributed by atoms with Gasteiger partial charge in [-0.1, -0.05) is 23.9 Å². The molecular weight excluding hydrogens is 370 g/mol. The minimum atomic E-state index is -3.25. The van der Waals surface area contributed by atoms with Crippen molar-refractivity contribution in [1.29, 1.82) is 0 Å². The van der Waals surface area contributed by atoms with Gasteiger partial charge in [-0.25, -0.2) is 13.4 Å². The van der Waals surface area contributed by atoms with E-state index in [0.717, 1.165) is 16.9 Å². The van der Waals surface area contributed by atoms with E-state index < -0.39 is 9.84 Å². The summed E-state index contributed by atoms with van der Waals surface area (Å²) in [6, 6.07) is 14.1. The first-order valence-corrected chi connectivity index (χ1v) is 10.8. The highest BCUT2D eigenvalue weighted by molar-refractivity contribution is 7.98. The van der Waals surface area contributed by atoms with Crippen molar-refractivity contribution >= 4 is 21.6 Å². The lowest BCUT2D eigenvalue weighted by Gasteiger charge is -2.10. The monoisotopic (exact) mass is 387 g/mol. The number of aromatic nitrogens is 3. The molecule has 2 aromatic carbocycles. The van der Waals surface area contributed by atoms with Crippen LogP contribution in [0.5, 0.6) is 5.75 Å². The van der Waals surface area contributed by atoms with Crippen LogP contribution < -0.4 is 4.74 Å². The van der Waals surface area contributed by atoms with Gasteiger partial charge in [0, 0.05) is 17.4 Å². The third-order valence-electron chi connectivity index (χ3n) is 3.77. The molecule has 0 aliphatic carbocycles. The second kappa shape index (κ2) is 7.43. The summed E-state index contributed by atoms with van der Waals surface area (Å²) in [5.41, 5.74) is 2.89. The van der Waals surface area contributed by atoms with E-state index in [1.165, 1.54) is 18.0 Å². The molecule has 0 aliphatic heterocycles. The molecule has 6 nitrogen and oxygen atoms in total. The maximum atomic E-state index is 11.7. The number of benzene rings is 2. The van der Waals surface area contributed by atoms with Gasteiger partial charge in [-0.2, -0.15) is 0 Å². The molecule has 134 valence electrons. The molecule has 0 fully saturated rings. The Hall–Kier alpha value is -2.45. The number of nitrogens with zero attached hydrogens (tertiary/aromatic N) is 3. The Morgan fingerprint density at radius 3 is 2.00 bits per heavy atom. The van der Waals surface area contributed by atoms with Crippen molar-refractivity contribution in [2.24, 2.45) is 0 Å². The SMILES string of the molecule is COc1ccc(-c2nc(SC)nnc2-c2ccc(S(C)(=O)=O)cc2)cc1. The van der Waals surface area contributed by atoms with Gasteiger partial charge in [0.05, 0.1) is 12.0 Å². The number of ether oxygens (including phenoxy) is 1. The van der Waals surface area contributed by atoms with Gasteiger partial charge in [0.1, 0.15) is 17.1 Å². The van der Waals surface area contributed by atoms with Crippen molar-refractivity contribution in [2.45, 2.75) is 10.1 Å². The van der Waals surface area contributed by atoms with Gasteiger partial charge in [0.25, 0.3) is 0 Å². The number of thioether (sulfide) groups is 1. The van der Waals surface area contributed by atoms with Crippen molar-refractivity contribution in [3.8, 4) is 28.3 Å². The Morgan fingerprint density at radius 2 is 1.46 bits per heavy atom. The average molecular weight is 387 g/mol. The largest absolute Gasteiger partial charge is 0.497 e. The van der Waals surface area contributed by atoms with Gasteiger partial charge >= 0.3 is 0 Å². The normalized spacial score (nSPS) is 11.3. The molecule has 0 radical (unpaired) electrons. The van der Waals surface area contributed by atoms with Crippen LogP contribution in [0.3, 0.4) is 0 Å². The van der Waals surface area contributed by atoms with E-state index in [4.69, 9.17) is 4.74 Å². The fraction of sp³-hybridized carbons (Fsp3) is 0.167. The Balaban J connectivity index is 2.12. The first-order valence-electron chi connectivity index (χ1n) is 7.66. The minimum absolute atomic E-state index is 0.258. The van der Waals surface area contributed by atoms with Crippen molar-refractivity contribution in [3.05, 3.63) is 48.5 Å². The van der Waals surface area contributed by atoms with Crippen LogP contribution in [0.1, 0.15) is 0 Å². The predicted octanol–water partition coefficient (Wildman–Crippen LogP) is 3.34. The van der Waals surface area contributed by atoms with Gasteiger partial charge in [0.15, 0.2) is 9.84 Å². The molecule has 0 unspecified atom stereocenters. The van der Waals surface area contributed by atoms with Crippen LogP contribution in [0, 0.1) is 0 Å². The summed E-state index contributed by atoms with van der Waals surface area (Å²) in [4.78, 5) is 4.85. The highest BCUT2D eigenvalue weighted by Gasteiger charge is 2.15. The lowest BCUT2D eigenvalue weighted by Crippen LogP contribution is -2.00. The summed E-state index contributed by atoms with van der Waals surface area (Å²) in [6.07, 6.45) is 3.06. The molecule has 3 aromatic rings. The maximum Gasteiger partial charge on any atom is 0.209 e. The zero-order valence-corrected chi connectivity index (χ0v) is 16.1. The fourth-order valence-electron chi connectivity index (χ4n) is 2.40. The predicted molar refractivity (Wildman–Crippen MR) is 102 cm³/mol. The van der Waals surface area contributed by atoms with Gasteiger partial charge in [-0.3, -0.25) is 0 Å². The van der Waals surface area contributed by atoms with Crippen LogP contribution in [-0.2, 0) is 9.84 Å². The lowest BCUT2D eigenvalue weighted by molar-refractivity contribution is 0.415. The number of methoxy groups -OCH3 is 1. The Kier molecular flexibility index (Phi) is 5.24. The lowest BCUT2D eigenvalue weighted by atomic mass is 10.0. The summed E-state index contributed by atoms with van der Waals surface area (Å²) in [5.74, 6) is 0.750. The first-order chi connectivity index (χ1) is 12.4. The van der Waals surface area contributed by atoms with Gasteiger partial charge in [-0.05, 0) is 42.7 Å². The van der Waals surface area contributed by atoms with E-state index in [0.29, 0.717) is 16.5 Å². The van der Waals surface area contributed by atoms with Gasteiger partial charge in [0.2, 0.25) is 5.16 Å². The maximum absolute atomic E-state index is 11.7. The molecule has 0 aliphatic rings. The van der Waals surface area contributed by atoms with Crippen LogP contribution in [0.4, 0.5) is 0 Å². The zero-order valence-electron chi connectivity index (χ0n) is 14.5.